The van der Waals surface area contributed by atoms with E-state index in [1.165, 1.54) is 0 Å². The fourth-order valence-electron chi connectivity index (χ4n) is 2.58. The first-order chi connectivity index (χ1) is 12.8. The van der Waals surface area contributed by atoms with Crippen molar-refractivity contribution in [1.82, 2.24) is 10.2 Å². The van der Waals surface area contributed by atoms with Crippen LogP contribution in [0.4, 0.5) is 4.79 Å². The lowest BCUT2D eigenvalue weighted by Crippen LogP contribution is -2.54. The number of carbonyl (C=O) groups excluding carboxylic acids is 3. The van der Waals surface area contributed by atoms with Crippen LogP contribution in [-0.2, 0) is 20.9 Å². The Balaban J connectivity index is 2.79. The van der Waals surface area contributed by atoms with Crippen LogP contribution in [-0.4, -0.2) is 41.4 Å². The number of amides is 3. The third-order valence-corrected chi connectivity index (χ3v) is 4.12. The van der Waals surface area contributed by atoms with E-state index in [1.807, 2.05) is 44.2 Å². The molecule has 0 aliphatic rings. The predicted molar refractivity (Wildman–Crippen MR) is 104 cm³/mol. The molecule has 0 bridgehead atoms. The first kappa shape index (κ1) is 22.6. The van der Waals surface area contributed by atoms with E-state index >= 15 is 0 Å². The van der Waals surface area contributed by atoms with Crippen molar-refractivity contribution in [3.63, 3.8) is 0 Å². The second-order valence-corrected chi connectivity index (χ2v) is 6.82. The maximum Gasteiger partial charge on any atom is 0.408 e. The highest BCUT2D eigenvalue weighted by Crippen LogP contribution is 2.11. The van der Waals surface area contributed by atoms with Crippen LogP contribution in [0.5, 0.6) is 0 Å². The molecular formula is C20H31N3O4. The fourth-order valence-corrected chi connectivity index (χ4v) is 2.58. The van der Waals surface area contributed by atoms with Gasteiger partial charge in [-0.25, -0.2) is 4.79 Å². The SMILES string of the molecule is CCC(N)C(=O)N(CC)C(=O)[C@H](CC(C)C)NC(=O)OCc1ccccc1. The highest BCUT2D eigenvalue weighted by molar-refractivity contribution is 6.00. The molecule has 27 heavy (non-hydrogen) atoms. The molecule has 150 valence electrons. The van der Waals surface area contributed by atoms with Crippen molar-refractivity contribution in [2.75, 3.05) is 6.54 Å². The molecule has 0 fully saturated rings. The largest absolute Gasteiger partial charge is 0.445 e. The maximum absolute atomic E-state index is 12.9. The van der Waals surface area contributed by atoms with Crippen molar-refractivity contribution in [3.8, 4) is 0 Å². The number of alkyl carbamates (subject to hydrolysis) is 1. The summed E-state index contributed by atoms with van der Waals surface area (Å²) in [6, 6.07) is 7.67. The third-order valence-electron chi connectivity index (χ3n) is 4.12. The minimum absolute atomic E-state index is 0.104. The van der Waals surface area contributed by atoms with E-state index in [-0.39, 0.29) is 19.1 Å². The van der Waals surface area contributed by atoms with Gasteiger partial charge in [0.05, 0.1) is 6.04 Å². The number of imide groups is 1. The number of nitrogens with two attached hydrogens (primary N) is 1. The van der Waals surface area contributed by atoms with Gasteiger partial charge in [0.2, 0.25) is 5.91 Å². The molecule has 1 rings (SSSR count). The molecule has 1 aromatic rings. The summed E-state index contributed by atoms with van der Waals surface area (Å²) in [7, 11) is 0. The molecule has 0 aliphatic heterocycles. The van der Waals surface area contributed by atoms with E-state index in [0.29, 0.717) is 12.8 Å². The van der Waals surface area contributed by atoms with Gasteiger partial charge in [-0.1, -0.05) is 51.1 Å². The summed E-state index contributed by atoms with van der Waals surface area (Å²) in [4.78, 5) is 38.5. The van der Waals surface area contributed by atoms with Gasteiger partial charge in [-0.2, -0.15) is 0 Å². The zero-order chi connectivity index (χ0) is 20.4. The highest BCUT2D eigenvalue weighted by atomic mass is 16.5. The first-order valence-corrected chi connectivity index (χ1v) is 9.38. The van der Waals surface area contributed by atoms with Crippen LogP contribution in [0.25, 0.3) is 0 Å². The Morgan fingerprint density at radius 1 is 1.11 bits per heavy atom. The number of carbonyl (C=O) groups is 3. The van der Waals surface area contributed by atoms with Crippen molar-refractivity contribution >= 4 is 17.9 Å². The summed E-state index contributed by atoms with van der Waals surface area (Å²) in [5, 5.41) is 2.60. The monoisotopic (exact) mass is 377 g/mol. The number of ether oxygens (including phenoxy) is 1. The van der Waals surface area contributed by atoms with Gasteiger partial charge in [-0.3, -0.25) is 14.5 Å². The quantitative estimate of drug-likeness (QED) is 0.688. The summed E-state index contributed by atoms with van der Waals surface area (Å²) in [6.07, 6.45) is 0.134. The Hall–Kier alpha value is -2.41. The van der Waals surface area contributed by atoms with E-state index in [1.54, 1.807) is 13.8 Å². The van der Waals surface area contributed by atoms with Gasteiger partial charge < -0.3 is 15.8 Å². The maximum atomic E-state index is 12.9. The van der Waals surface area contributed by atoms with Crippen LogP contribution in [0, 0.1) is 5.92 Å². The minimum atomic E-state index is -0.846. The van der Waals surface area contributed by atoms with Crippen molar-refractivity contribution in [2.45, 2.75) is 59.2 Å². The summed E-state index contributed by atoms with van der Waals surface area (Å²) >= 11 is 0. The normalized spacial score (nSPS) is 13.0. The van der Waals surface area contributed by atoms with Crippen molar-refractivity contribution in [1.29, 1.82) is 0 Å². The van der Waals surface area contributed by atoms with Gasteiger partial charge >= 0.3 is 6.09 Å². The van der Waals surface area contributed by atoms with E-state index in [4.69, 9.17) is 10.5 Å². The number of likely N-dealkylation sites (N-methyl/N-ethyl adjacent to an activating group) is 1. The molecule has 1 aromatic carbocycles. The predicted octanol–water partition coefficient (Wildman–Crippen LogP) is 2.44. The zero-order valence-electron chi connectivity index (χ0n) is 16.6. The highest BCUT2D eigenvalue weighted by Gasteiger charge is 2.31. The summed E-state index contributed by atoms with van der Waals surface area (Å²) in [5.41, 5.74) is 6.64. The van der Waals surface area contributed by atoms with Crippen LogP contribution in [0.2, 0.25) is 0 Å². The van der Waals surface area contributed by atoms with E-state index in [0.717, 1.165) is 10.5 Å². The molecule has 7 nitrogen and oxygen atoms in total. The molecule has 0 saturated carbocycles. The lowest BCUT2D eigenvalue weighted by Gasteiger charge is -2.28. The van der Waals surface area contributed by atoms with Crippen molar-refractivity contribution in [2.24, 2.45) is 11.7 Å². The van der Waals surface area contributed by atoms with Gasteiger partial charge in [-0.15, -0.1) is 0 Å². The summed E-state index contributed by atoms with van der Waals surface area (Å²) in [5.74, 6) is -0.753. The topological polar surface area (TPSA) is 102 Å². The summed E-state index contributed by atoms with van der Waals surface area (Å²) < 4.78 is 5.20. The zero-order valence-corrected chi connectivity index (χ0v) is 16.6. The molecule has 0 saturated heterocycles. The average molecular weight is 377 g/mol. The minimum Gasteiger partial charge on any atom is -0.445 e. The van der Waals surface area contributed by atoms with Gasteiger partial charge in [0, 0.05) is 6.54 Å². The van der Waals surface area contributed by atoms with Gasteiger partial charge in [-0.05, 0) is 31.2 Å². The molecular weight excluding hydrogens is 346 g/mol. The van der Waals surface area contributed by atoms with Crippen LogP contribution in [0.15, 0.2) is 30.3 Å². The lowest BCUT2D eigenvalue weighted by atomic mass is 10.0. The summed E-state index contributed by atoms with van der Waals surface area (Å²) in [6.45, 7) is 7.66. The Morgan fingerprint density at radius 3 is 2.26 bits per heavy atom. The molecule has 7 heteroatoms. The Labute approximate surface area is 161 Å². The molecule has 3 N–H and O–H groups in total. The number of rotatable bonds is 9. The molecule has 0 spiro atoms. The molecule has 2 atom stereocenters. The Morgan fingerprint density at radius 2 is 1.74 bits per heavy atom. The average Bonchev–Trinajstić information content (AvgIpc) is 2.66. The third kappa shape index (κ3) is 7.38. The van der Waals surface area contributed by atoms with Crippen LogP contribution < -0.4 is 11.1 Å². The fraction of sp³-hybridized carbons (Fsp3) is 0.550. The second kappa shape index (κ2) is 11.3. The molecule has 0 radical (unpaired) electrons. The Kier molecular flexibility index (Phi) is 9.50. The van der Waals surface area contributed by atoms with E-state index in [2.05, 4.69) is 5.32 Å². The number of nitrogens with one attached hydrogen (secondary N) is 1. The molecule has 3 amide bonds. The molecule has 1 unspecified atom stereocenters. The first-order valence-electron chi connectivity index (χ1n) is 9.38. The van der Waals surface area contributed by atoms with Gasteiger partial charge in [0.25, 0.3) is 5.91 Å². The molecule has 0 aromatic heterocycles. The number of benzene rings is 1. The van der Waals surface area contributed by atoms with E-state index < -0.39 is 30.0 Å². The number of hydrogen-bond acceptors (Lipinski definition) is 5. The van der Waals surface area contributed by atoms with E-state index in [9.17, 15) is 14.4 Å². The number of hydrogen-bond donors (Lipinski definition) is 2. The van der Waals surface area contributed by atoms with Gasteiger partial charge in [0.1, 0.15) is 12.6 Å². The molecule has 0 aliphatic carbocycles. The smallest absolute Gasteiger partial charge is 0.408 e. The second-order valence-electron chi connectivity index (χ2n) is 6.82. The Bertz CT molecular complexity index is 619. The van der Waals surface area contributed by atoms with Crippen LogP contribution in [0.3, 0.4) is 0 Å². The number of nitrogens with zero attached hydrogens (tertiary/aromatic N) is 1. The lowest BCUT2D eigenvalue weighted by molar-refractivity contribution is -0.147. The standard InChI is InChI=1S/C20H31N3O4/c1-5-16(21)18(24)23(6-2)19(25)17(12-14(3)4)22-20(26)27-13-15-10-8-7-9-11-15/h7-11,14,16-17H,5-6,12-13,21H2,1-4H3,(H,22,26)/t16?,17-/m0/s1. The van der Waals surface area contributed by atoms with Crippen molar-refractivity contribution in [3.05, 3.63) is 35.9 Å². The van der Waals surface area contributed by atoms with Crippen molar-refractivity contribution < 1.29 is 19.1 Å². The molecule has 0 heterocycles. The van der Waals surface area contributed by atoms with Gasteiger partial charge in [0.15, 0.2) is 0 Å². The van der Waals surface area contributed by atoms with Crippen LogP contribution in [0.1, 0.15) is 46.1 Å². The van der Waals surface area contributed by atoms with Crippen LogP contribution >= 0.6 is 0 Å².